The molecular weight excluding hydrogens is 204 g/mol. The first-order valence-corrected chi connectivity index (χ1v) is 5.68. The van der Waals surface area contributed by atoms with Crippen molar-refractivity contribution in [2.45, 2.75) is 19.8 Å². The van der Waals surface area contributed by atoms with Gasteiger partial charge >= 0.3 is 0 Å². The van der Waals surface area contributed by atoms with Crippen molar-refractivity contribution in [1.29, 1.82) is 0 Å². The van der Waals surface area contributed by atoms with Gasteiger partial charge in [-0.05, 0) is 12.5 Å². The Labute approximate surface area is 97.0 Å². The number of hydrogen-bond donors (Lipinski definition) is 1. The van der Waals surface area contributed by atoms with Crippen molar-refractivity contribution in [1.82, 2.24) is 4.98 Å². The van der Waals surface area contributed by atoms with Gasteiger partial charge in [-0.25, -0.2) is 4.98 Å². The van der Waals surface area contributed by atoms with Crippen molar-refractivity contribution >= 4 is 5.82 Å². The van der Waals surface area contributed by atoms with Crippen molar-refractivity contribution < 1.29 is 9.47 Å². The molecule has 4 heteroatoms. The Morgan fingerprint density at radius 2 is 2.25 bits per heavy atom. The summed E-state index contributed by atoms with van der Waals surface area (Å²) in [5.74, 6) is 1.72. The smallest absolute Gasteiger partial charge is 0.129 e. The topological polar surface area (TPSA) is 43.4 Å². The van der Waals surface area contributed by atoms with Crippen LogP contribution in [0.3, 0.4) is 0 Å². The van der Waals surface area contributed by atoms with Crippen LogP contribution in [-0.4, -0.2) is 31.9 Å². The van der Waals surface area contributed by atoms with Crippen LogP contribution in [0.15, 0.2) is 18.3 Å². The molecule has 0 amide bonds. The maximum Gasteiger partial charge on any atom is 0.129 e. The molecule has 90 valence electrons. The number of aromatic nitrogens is 1. The largest absolute Gasteiger partial charge is 0.493 e. The molecule has 1 aromatic rings. The Morgan fingerprint density at radius 3 is 3.00 bits per heavy atom. The Morgan fingerprint density at radius 1 is 1.38 bits per heavy atom. The highest BCUT2D eigenvalue weighted by Crippen LogP contribution is 2.14. The molecule has 1 aromatic heterocycles. The van der Waals surface area contributed by atoms with E-state index in [2.05, 4.69) is 17.2 Å². The molecule has 0 aromatic carbocycles. The van der Waals surface area contributed by atoms with Crippen molar-refractivity contribution in [2.24, 2.45) is 0 Å². The molecule has 0 saturated heterocycles. The van der Waals surface area contributed by atoms with E-state index < -0.39 is 0 Å². The van der Waals surface area contributed by atoms with E-state index in [1.54, 1.807) is 13.3 Å². The van der Waals surface area contributed by atoms with Crippen LogP contribution >= 0.6 is 0 Å². The molecule has 0 saturated carbocycles. The third-order valence-corrected chi connectivity index (χ3v) is 2.05. The fraction of sp³-hybridized carbons (Fsp3) is 0.583. The Hall–Kier alpha value is -1.29. The maximum absolute atomic E-state index is 5.57. The van der Waals surface area contributed by atoms with Crippen molar-refractivity contribution in [3.8, 4) is 5.75 Å². The normalized spacial score (nSPS) is 10.1. The number of hydrogen-bond acceptors (Lipinski definition) is 4. The highest BCUT2D eigenvalue weighted by atomic mass is 16.5. The zero-order valence-electron chi connectivity index (χ0n) is 10.0. The molecular formula is C12H20N2O2. The van der Waals surface area contributed by atoms with E-state index >= 15 is 0 Å². The van der Waals surface area contributed by atoms with E-state index in [0.717, 1.165) is 37.6 Å². The molecule has 0 bridgehead atoms. The first-order chi connectivity index (χ1) is 7.86. The van der Waals surface area contributed by atoms with Gasteiger partial charge in [-0.3, -0.25) is 0 Å². The van der Waals surface area contributed by atoms with Crippen LogP contribution in [0.25, 0.3) is 0 Å². The quantitative estimate of drug-likeness (QED) is 0.688. The van der Waals surface area contributed by atoms with Gasteiger partial charge in [0.05, 0.1) is 6.61 Å². The molecule has 0 fully saturated rings. The van der Waals surface area contributed by atoms with E-state index in [0.29, 0.717) is 6.61 Å². The maximum atomic E-state index is 5.57. The SMILES string of the molecule is CCCNc1cc(OCCCOC)ccn1. The van der Waals surface area contributed by atoms with Crippen LogP contribution < -0.4 is 10.1 Å². The lowest BCUT2D eigenvalue weighted by Gasteiger charge is -2.08. The lowest BCUT2D eigenvalue weighted by atomic mass is 10.4. The van der Waals surface area contributed by atoms with Crippen LogP contribution in [0.5, 0.6) is 5.75 Å². The number of ether oxygens (including phenoxy) is 2. The van der Waals surface area contributed by atoms with E-state index in [1.807, 2.05) is 12.1 Å². The third kappa shape index (κ3) is 4.98. The van der Waals surface area contributed by atoms with Crippen LogP contribution in [0.1, 0.15) is 19.8 Å². The van der Waals surface area contributed by atoms with Crippen molar-refractivity contribution in [3.05, 3.63) is 18.3 Å². The highest BCUT2D eigenvalue weighted by molar-refractivity contribution is 5.40. The minimum absolute atomic E-state index is 0.672. The van der Waals surface area contributed by atoms with Gasteiger partial charge < -0.3 is 14.8 Å². The summed E-state index contributed by atoms with van der Waals surface area (Å²) in [6, 6.07) is 3.78. The molecule has 0 atom stereocenters. The number of nitrogens with one attached hydrogen (secondary N) is 1. The summed E-state index contributed by atoms with van der Waals surface area (Å²) in [4.78, 5) is 4.21. The summed E-state index contributed by atoms with van der Waals surface area (Å²) in [5, 5.41) is 3.22. The molecule has 0 radical (unpaired) electrons. The molecule has 0 aliphatic heterocycles. The first-order valence-electron chi connectivity index (χ1n) is 5.68. The Kier molecular flexibility index (Phi) is 6.33. The summed E-state index contributed by atoms with van der Waals surface area (Å²) >= 11 is 0. The zero-order valence-corrected chi connectivity index (χ0v) is 10.0. The highest BCUT2D eigenvalue weighted by Gasteiger charge is 1.97. The minimum atomic E-state index is 0.672. The van der Waals surface area contributed by atoms with Crippen LogP contribution in [0.4, 0.5) is 5.82 Å². The minimum Gasteiger partial charge on any atom is -0.493 e. The molecule has 0 spiro atoms. The van der Waals surface area contributed by atoms with Gasteiger partial charge in [-0.1, -0.05) is 6.92 Å². The van der Waals surface area contributed by atoms with E-state index in [1.165, 1.54) is 0 Å². The number of anilines is 1. The second-order valence-corrected chi connectivity index (χ2v) is 3.50. The molecule has 0 aliphatic carbocycles. The summed E-state index contributed by atoms with van der Waals surface area (Å²) in [6.45, 7) is 4.45. The lowest BCUT2D eigenvalue weighted by Crippen LogP contribution is -2.04. The van der Waals surface area contributed by atoms with E-state index in [4.69, 9.17) is 9.47 Å². The van der Waals surface area contributed by atoms with E-state index in [-0.39, 0.29) is 0 Å². The number of pyridine rings is 1. The van der Waals surface area contributed by atoms with Crippen molar-refractivity contribution in [2.75, 3.05) is 32.2 Å². The number of rotatable bonds is 8. The lowest BCUT2D eigenvalue weighted by molar-refractivity contribution is 0.172. The zero-order chi connectivity index (χ0) is 11.6. The predicted octanol–water partition coefficient (Wildman–Crippen LogP) is 2.32. The summed E-state index contributed by atoms with van der Waals surface area (Å²) in [6.07, 6.45) is 3.74. The summed E-state index contributed by atoms with van der Waals surface area (Å²) < 4.78 is 10.5. The Balaban J connectivity index is 2.35. The molecule has 1 N–H and O–H groups in total. The second-order valence-electron chi connectivity index (χ2n) is 3.50. The van der Waals surface area contributed by atoms with Crippen LogP contribution in [-0.2, 0) is 4.74 Å². The molecule has 16 heavy (non-hydrogen) atoms. The van der Waals surface area contributed by atoms with Crippen molar-refractivity contribution in [3.63, 3.8) is 0 Å². The first kappa shape index (κ1) is 12.8. The second kappa shape index (κ2) is 7.93. The van der Waals surface area contributed by atoms with Gasteiger partial charge in [-0.2, -0.15) is 0 Å². The van der Waals surface area contributed by atoms with Gasteiger partial charge in [0.1, 0.15) is 11.6 Å². The molecule has 4 nitrogen and oxygen atoms in total. The standard InChI is InChI=1S/C12H20N2O2/c1-3-6-13-12-10-11(5-7-14-12)16-9-4-8-15-2/h5,7,10H,3-4,6,8-9H2,1-2H3,(H,13,14). The molecule has 1 heterocycles. The molecule has 0 unspecified atom stereocenters. The van der Waals surface area contributed by atoms with Gasteiger partial charge in [0, 0.05) is 38.9 Å². The van der Waals surface area contributed by atoms with E-state index in [9.17, 15) is 0 Å². The fourth-order valence-corrected chi connectivity index (χ4v) is 1.24. The molecule has 0 aliphatic rings. The van der Waals surface area contributed by atoms with Gasteiger partial charge in [0.25, 0.3) is 0 Å². The molecule has 1 rings (SSSR count). The monoisotopic (exact) mass is 224 g/mol. The van der Waals surface area contributed by atoms with Gasteiger partial charge in [-0.15, -0.1) is 0 Å². The number of nitrogens with zero attached hydrogens (tertiary/aromatic N) is 1. The average molecular weight is 224 g/mol. The van der Waals surface area contributed by atoms with Gasteiger partial charge in [0.15, 0.2) is 0 Å². The summed E-state index contributed by atoms with van der Waals surface area (Å²) in [5.41, 5.74) is 0. The predicted molar refractivity (Wildman–Crippen MR) is 65.0 cm³/mol. The van der Waals surface area contributed by atoms with Gasteiger partial charge in [0.2, 0.25) is 0 Å². The summed E-state index contributed by atoms with van der Waals surface area (Å²) in [7, 11) is 1.69. The fourth-order valence-electron chi connectivity index (χ4n) is 1.24. The van der Waals surface area contributed by atoms with Crippen LogP contribution in [0, 0.1) is 0 Å². The third-order valence-electron chi connectivity index (χ3n) is 2.05. The van der Waals surface area contributed by atoms with Crippen LogP contribution in [0.2, 0.25) is 0 Å². The number of methoxy groups -OCH3 is 1. The average Bonchev–Trinajstić information content (AvgIpc) is 2.33. The Bertz CT molecular complexity index is 292.